The molecular weight excluding hydrogens is 517 g/mol. The van der Waals surface area contributed by atoms with Crippen molar-refractivity contribution in [1.82, 2.24) is 9.78 Å². The van der Waals surface area contributed by atoms with Crippen LogP contribution in [0.5, 0.6) is 5.75 Å². The number of rotatable bonds is 6. The van der Waals surface area contributed by atoms with E-state index in [9.17, 15) is 26.4 Å². The lowest BCUT2D eigenvalue weighted by Gasteiger charge is -2.14. The molecule has 0 unspecified atom stereocenters. The maximum atomic E-state index is 14.4. The normalized spacial score (nSPS) is 11.5. The van der Waals surface area contributed by atoms with Crippen molar-refractivity contribution in [2.24, 2.45) is 0 Å². The molecule has 0 aliphatic heterocycles. The predicted molar refractivity (Wildman–Crippen MR) is 129 cm³/mol. The van der Waals surface area contributed by atoms with Crippen LogP contribution in [0.15, 0.2) is 70.5 Å². The highest BCUT2D eigenvalue weighted by Crippen LogP contribution is 2.28. The molecule has 4 aromatic rings. The lowest BCUT2D eigenvalue weighted by atomic mass is 9.97. The standard InChI is InChI=1S/C25H18ClF3N2O4S/c1-35-24-22(28)10-14(11-23(24)29)9-18-19(15-3-6-17(7-4-15)36(2,33)34)13-30-31(25(18)32)16-5-8-21(27)20(26)12-16/h3-8,10-13H,9H2,1-2H3. The predicted octanol–water partition coefficient (Wildman–Crippen LogP) is 4.97. The Bertz CT molecular complexity index is 1620. The first-order chi connectivity index (χ1) is 17.0. The van der Waals surface area contributed by atoms with Crippen LogP contribution in [0.2, 0.25) is 5.02 Å². The van der Waals surface area contributed by atoms with E-state index in [1.165, 1.54) is 42.6 Å². The smallest absolute Gasteiger partial charge is 0.275 e. The fourth-order valence-electron chi connectivity index (χ4n) is 3.70. The summed E-state index contributed by atoms with van der Waals surface area (Å²) in [6.45, 7) is 0. The Morgan fingerprint density at radius 2 is 1.61 bits per heavy atom. The first-order valence-electron chi connectivity index (χ1n) is 10.4. The highest BCUT2D eigenvalue weighted by molar-refractivity contribution is 7.90. The van der Waals surface area contributed by atoms with Gasteiger partial charge in [0, 0.05) is 23.8 Å². The number of hydrogen-bond donors (Lipinski definition) is 0. The molecular formula is C25H18ClF3N2O4S. The van der Waals surface area contributed by atoms with Crippen molar-refractivity contribution < 1.29 is 26.3 Å². The van der Waals surface area contributed by atoms with Crippen molar-refractivity contribution in [3.8, 4) is 22.6 Å². The van der Waals surface area contributed by atoms with E-state index in [1.807, 2.05) is 0 Å². The van der Waals surface area contributed by atoms with Crippen LogP contribution in [0.1, 0.15) is 11.1 Å². The second-order valence-electron chi connectivity index (χ2n) is 7.92. The molecule has 0 saturated heterocycles. The van der Waals surface area contributed by atoms with Gasteiger partial charge in [-0.1, -0.05) is 23.7 Å². The van der Waals surface area contributed by atoms with Crippen LogP contribution in [-0.4, -0.2) is 31.6 Å². The number of halogens is 4. The van der Waals surface area contributed by atoms with Crippen LogP contribution in [0.25, 0.3) is 16.8 Å². The summed E-state index contributed by atoms with van der Waals surface area (Å²) in [6.07, 6.45) is 2.23. The number of hydrogen-bond acceptors (Lipinski definition) is 5. The Labute approximate surface area is 209 Å². The first kappa shape index (κ1) is 25.5. The zero-order chi connectivity index (χ0) is 26.2. The minimum Gasteiger partial charge on any atom is -0.491 e. The van der Waals surface area contributed by atoms with E-state index in [0.717, 1.165) is 36.2 Å². The van der Waals surface area contributed by atoms with Gasteiger partial charge in [-0.3, -0.25) is 4.79 Å². The largest absolute Gasteiger partial charge is 0.491 e. The third kappa shape index (κ3) is 5.00. The molecule has 1 aromatic heterocycles. The van der Waals surface area contributed by atoms with Crippen LogP contribution in [0.3, 0.4) is 0 Å². The molecule has 0 fully saturated rings. The second kappa shape index (κ2) is 9.79. The molecule has 0 N–H and O–H groups in total. The van der Waals surface area contributed by atoms with E-state index in [4.69, 9.17) is 16.3 Å². The summed E-state index contributed by atoms with van der Waals surface area (Å²) in [5.74, 6) is -3.11. The molecule has 6 nitrogen and oxygen atoms in total. The molecule has 0 spiro atoms. The summed E-state index contributed by atoms with van der Waals surface area (Å²) >= 11 is 5.87. The van der Waals surface area contributed by atoms with Crippen molar-refractivity contribution in [3.05, 3.63) is 105 Å². The fourth-order valence-corrected chi connectivity index (χ4v) is 4.51. The summed E-state index contributed by atoms with van der Waals surface area (Å²) in [5, 5.41) is 3.95. The molecule has 0 bridgehead atoms. The van der Waals surface area contributed by atoms with Crippen LogP contribution < -0.4 is 10.3 Å². The molecule has 0 atom stereocenters. The van der Waals surface area contributed by atoms with Crippen molar-refractivity contribution in [2.45, 2.75) is 11.3 Å². The van der Waals surface area contributed by atoms with Crippen LogP contribution in [-0.2, 0) is 16.3 Å². The Balaban J connectivity index is 1.91. The zero-order valence-electron chi connectivity index (χ0n) is 18.9. The van der Waals surface area contributed by atoms with Gasteiger partial charge < -0.3 is 4.74 Å². The van der Waals surface area contributed by atoms with Gasteiger partial charge in [-0.15, -0.1) is 0 Å². The summed E-state index contributed by atoms with van der Waals surface area (Å²) in [7, 11) is -2.32. The molecule has 0 radical (unpaired) electrons. The van der Waals surface area contributed by atoms with E-state index in [2.05, 4.69) is 5.10 Å². The van der Waals surface area contributed by atoms with Gasteiger partial charge >= 0.3 is 0 Å². The van der Waals surface area contributed by atoms with Gasteiger partial charge in [-0.2, -0.15) is 9.78 Å². The third-order valence-electron chi connectivity index (χ3n) is 5.46. The van der Waals surface area contributed by atoms with E-state index in [-0.39, 0.29) is 33.2 Å². The van der Waals surface area contributed by atoms with E-state index in [0.29, 0.717) is 11.1 Å². The molecule has 186 valence electrons. The Hall–Kier alpha value is -3.63. The average molecular weight is 535 g/mol. The highest BCUT2D eigenvalue weighted by atomic mass is 35.5. The lowest BCUT2D eigenvalue weighted by molar-refractivity contribution is 0.359. The minimum atomic E-state index is -3.45. The fraction of sp³-hybridized carbons (Fsp3) is 0.120. The second-order valence-corrected chi connectivity index (χ2v) is 10.3. The molecule has 0 aliphatic rings. The lowest BCUT2D eigenvalue weighted by Crippen LogP contribution is -2.26. The monoisotopic (exact) mass is 534 g/mol. The highest BCUT2D eigenvalue weighted by Gasteiger charge is 2.19. The summed E-state index contributed by atoms with van der Waals surface area (Å²) in [6, 6.07) is 11.5. The van der Waals surface area contributed by atoms with Gasteiger partial charge in [0.1, 0.15) is 5.82 Å². The summed E-state index contributed by atoms with van der Waals surface area (Å²) < 4.78 is 71.7. The van der Waals surface area contributed by atoms with E-state index < -0.39 is 38.6 Å². The molecule has 0 aliphatic carbocycles. The average Bonchev–Trinajstić information content (AvgIpc) is 2.81. The van der Waals surface area contributed by atoms with Crippen molar-refractivity contribution >= 4 is 21.4 Å². The van der Waals surface area contributed by atoms with Crippen molar-refractivity contribution in [2.75, 3.05) is 13.4 Å². The molecule has 1 heterocycles. The van der Waals surface area contributed by atoms with Crippen LogP contribution >= 0.6 is 11.6 Å². The van der Waals surface area contributed by atoms with Gasteiger partial charge in [0.2, 0.25) is 0 Å². The third-order valence-corrected chi connectivity index (χ3v) is 6.88. The number of benzene rings is 3. The van der Waals surface area contributed by atoms with Gasteiger partial charge in [-0.25, -0.2) is 21.6 Å². The van der Waals surface area contributed by atoms with Gasteiger partial charge in [-0.05, 0) is 53.6 Å². The maximum Gasteiger partial charge on any atom is 0.275 e. The first-order valence-corrected chi connectivity index (χ1v) is 12.7. The number of methoxy groups -OCH3 is 1. The number of ether oxygens (including phenoxy) is 1. The summed E-state index contributed by atoms with van der Waals surface area (Å²) in [5.41, 5.74) is 0.577. The molecule has 36 heavy (non-hydrogen) atoms. The van der Waals surface area contributed by atoms with Crippen molar-refractivity contribution in [3.63, 3.8) is 0 Å². The SMILES string of the molecule is COc1c(F)cc(Cc2c(-c3ccc(S(C)(=O)=O)cc3)cnn(-c3ccc(F)c(Cl)c3)c2=O)cc1F. The minimum absolute atomic E-state index is 0.0781. The maximum absolute atomic E-state index is 14.4. The summed E-state index contributed by atoms with van der Waals surface area (Å²) in [4.78, 5) is 13.6. The van der Waals surface area contributed by atoms with Gasteiger partial charge in [0.25, 0.3) is 5.56 Å². The number of nitrogens with zero attached hydrogens (tertiary/aromatic N) is 2. The Morgan fingerprint density at radius 3 is 2.17 bits per heavy atom. The number of sulfone groups is 1. The Morgan fingerprint density at radius 1 is 0.972 bits per heavy atom. The van der Waals surface area contributed by atoms with Gasteiger partial charge in [0.05, 0.1) is 28.9 Å². The Kier molecular flexibility index (Phi) is 6.92. The van der Waals surface area contributed by atoms with Crippen LogP contribution in [0, 0.1) is 17.5 Å². The zero-order valence-corrected chi connectivity index (χ0v) is 20.5. The molecule has 0 saturated carbocycles. The topological polar surface area (TPSA) is 78.3 Å². The van der Waals surface area contributed by atoms with Gasteiger partial charge in [0.15, 0.2) is 27.2 Å². The molecule has 3 aromatic carbocycles. The van der Waals surface area contributed by atoms with Crippen LogP contribution in [0.4, 0.5) is 13.2 Å². The molecule has 0 amide bonds. The number of aromatic nitrogens is 2. The molecule has 11 heteroatoms. The molecule has 4 rings (SSSR count). The quantitative estimate of drug-likeness (QED) is 0.349. The van der Waals surface area contributed by atoms with E-state index >= 15 is 0 Å². The van der Waals surface area contributed by atoms with Crippen molar-refractivity contribution in [1.29, 1.82) is 0 Å². The van der Waals surface area contributed by atoms with E-state index in [1.54, 1.807) is 0 Å².